The molecular formula is C23H24ClN5O2S. The van der Waals surface area contributed by atoms with E-state index in [-0.39, 0.29) is 5.56 Å². The van der Waals surface area contributed by atoms with Crippen molar-refractivity contribution in [2.45, 2.75) is 51.7 Å². The number of likely N-dealkylation sites (N-methyl/N-ethyl adjacent to an activating group) is 1. The van der Waals surface area contributed by atoms with Gasteiger partial charge in [-0.3, -0.25) is 14.3 Å². The van der Waals surface area contributed by atoms with Gasteiger partial charge in [0.1, 0.15) is 16.2 Å². The molecule has 0 fully saturated rings. The first-order chi connectivity index (χ1) is 15.5. The molecule has 0 spiro atoms. The van der Waals surface area contributed by atoms with E-state index in [1.165, 1.54) is 10.4 Å². The number of aryl methyl sites for hydroxylation is 4. The highest BCUT2D eigenvalue weighted by Gasteiger charge is 2.28. The van der Waals surface area contributed by atoms with Crippen molar-refractivity contribution in [3.8, 4) is 0 Å². The van der Waals surface area contributed by atoms with Crippen LogP contribution in [0.2, 0.25) is 5.02 Å². The highest BCUT2D eigenvalue weighted by Crippen LogP contribution is 2.35. The number of benzene rings is 1. The van der Waals surface area contributed by atoms with Gasteiger partial charge in [0, 0.05) is 29.0 Å². The summed E-state index contributed by atoms with van der Waals surface area (Å²) in [5, 5.41) is 9.41. The van der Waals surface area contributed by atoms with Gasteiger partial charge in [0.05, 0.1) is 11.7 Å². The van der Waals surface area contributed by atoms with Crippen molar-refractivity contribution < 1.29 is 4.63 Å². The fourth-order valence-corrected chi connectivity index (χ4v) is 5.90. The molecule has 0 amide bonds. The maximum atomic E-state index is 13.3. The lowest BCUT2D eigenvalue weighted by molar-refractivity contribution is 0.207. The lowest BCUT2D eigenvalue weighted by Crippen LogP contribution is -2.36. The zero-order valence-corrected chi connectivity index (χ0v) is 19.6. The van der Waals surface area contributed by atoms with Gasteiger partial charge >= 0.3 is 0 Å². The van der Waals surface area contributed by atoms with E-state index in [4.69, 9.17) is 16.2 Å². The van der Waals surface area contributed by atoms with Crippen LogP contribution in [0.15, 0.2) is 40.0 Å². The average molecular weight is 470 g/mol. The number of hydrogen-bond acceptors (Lipinski definition) is 7. The molecule has 0 saturated heterocycles. The first-order valence-corrected chi connectivity index (χ1v) is 11.9. The second-order valence-corrected chi connectivity index (χ2v) is 9.87. The average Bonchev–Trinajstić information content (AvgIpc) is 3.37. The summed E-state index contributed by atoms with van der Waals surface area (Å²) in [6, 6.07) is 8.14. The quantitative estimate of drug-likeness (QED) is 0.424. The van der Waals surface area contributed by atoms with Gasteiger partial charge < -0.3 is 0 Å². The van der Waals surface area contributed by atoms with Gasteiger partial charge in [0.2, 0.25) is 0 Å². The van der Waals surface area contributed by atoms with Gasteiger partial charge in [-0.15, -0.1) is 11.3 Å². The second kappa shape index (κ2) is 8.77. The van der Waals surface area contributed by atoms with E-state index in [1.54, 1.807) is 22.2 Å². The molecule has 0 aliphatic heterocycles. The van der Waals surface area contributed by atoms with Gasteiger partial charge in [-0.2, -0.15) is 0 Å². The smallest absolute Gasteiger partial charge is 0.262 e. The molecule has 5 rings (SSSR count). The molecule has 0 bridgehead atoms. The Balaban J connectivity index is 1.36. The lowest BCUT2D eigenvalue weighted by Gasteiger charge is -2.30. The number of aromatic nitrogens is 4. The highest BCUT2D eigenvalue weighted by molar-refractivity contribution is 7.18. The van der Waals surface area contributed by atoms with Gasteiger partial charge in [-0.1, -0.05) is 40.1 Å². The summed E-state index contributed by atoms with van der Waals surface area (Å²) in [4.78, 5) is 22.3. The summed E-state index contributed by atoms with van der Waals surface area (Å²) in [6.07, 6.45) is 5.16. The number of fused-ring (bicyclic) bond motifs is 3. The maximum absolute atomic E-state index is 13.3. The van der Waals surface area contributed by atoms with Crippen molar-refractivity contribution in [2.24, 2.45) is 0 Å². The molecule has 0 radical (unpaired) electrons. The van der Waals surface area contributed by atoms with E-state index < -0.39 is 0 Å². The van der Waals surface area contributed by atoms with Crippen molar-refractivity contribution in [3.63, 3.8) is 0 Å². The number of halogens is 1. The molecule has 1 aliphatic carbocycles. The first-order valence-electron chi connectivity index (χ1n) is 10.7. The molecule has 3 heterocycles. The molecule has 3 aromatic heterocycles. The van der Waals surface area contributed by atoms with Crippen LogP contribution >= 0.6 is 22.9 Å². The van der Waals surface area contributed by atoms with E-state index in [9.17, 15) is 4.79 Å². The van der Waals surface area contributed by atoms with E-state index in [2.05, 4.69) is 27.2 Å². The maximum Gasteiger partial charge on any atom is 0.262 e. The Kier molecular flexibility index (Phi) is 5.84. The molecule has 166 valence electrons. The molecule has 32 heavy (non-hydrogen) atoms. The van der Waals surface area contributed by atoms with Crippen LogP contribution in [0.25, 0.3) is 10.2 Å². The molecular weight excluding hydrogens is 446 g/mol. The Morgan fingerprint density at radius 1 is 1.31 bits per heavy atom. The minimum atomic E-state index is 0.0515. The number of rotatable bonds is 6. The summed E-state index contributed by atoms with van der Waals surface area (Å²) < 4.78 is 6.55. The number of thiophene rings is 1. The second-order valence-electron chi connectivity index (χ2n) is 8.38. The molecule has 0 saturated carbocycles. The minimum absolute atomic E-state index is 0.0515. The van der Waals surface area contributed by atoms with Crippen LogP contribution in [0.3, 0.4) is 0 Å². The van der Waals surface area contributed by atoms with Crippen LogP contribution in [0.4, 0.5) is 0 Å². The molecule has 0 N–H and O–H groups in total. The third kappa shape index (κ3) is 3.98. The summed E-state index contributed by atoms with van der Waals surface area (Å²) in [5.41, 5.74) is 3.97. The van der Waals surface area contributed by atoms with Crippen molar-refractivity contribution >= 4 is 33.2 Å². The van der Waals surface area contributed by atoms with Crippen LogP contribution in [0, 0.1) is 6.92 Å². The summed E-state index contributed by atoms with van der Waals surface area (Å²) in [6.45, 7) is 3.17. The molecule has 4 aromatic rings. The predicted octanol–water partition coefficient (Wildman–Crippen LogP) is 4.03. The summed E-state index contributed by atoms with van der Waals surface area (Å²) in [7, 11) is 2.11. The molecule has 0 unspecified atom stereocenters. The molecule has 1 aromatic carbocycles. The Labute approximate surface area is 194 Å². The SMILES string of the molecule is Cc1nonc1CN(C)[C@@H]1CCc2c(sc3ncn(CCc4ccccc4Cl)c(=O)c23)C1. The van der Waals surface area contributed by atoms with Crippen molar-refractivity contribution in [2.75, 3.05) is 7.05 Å². The topological polar surface area (TPSA) is 77.1 Å². The van der Waals surface area contributed by atoms with Crippen LogP contribution in [-0.4, -0.2) is 37.9 Å². The van der Waals surface area contributed by atoms with Gasteiger partial charge in [0.25, 0.3) is 5.56 Å². The first kappa shape index (κ1) is 21.3. The zero-order chi connectivity index (χ0) is 22.2. The molecule has 1 atom stereocenters. The van der Waals surface area contributed by atoms with E-state index in [1.807, 2.05) is 31.2 Å². The van der Waals surface area contributed by atoms with E-state index in [0.29, 0.717) is 25.6 Å². The summed E-state index contributed by atoms with van der Waals surface area (Å²) in [5.74, 6) is 0. The van der Waals surface area contributed by atoms with Crippen LogP contribution in [-0.2, 0) is 32.4 Å². The van der Waals surface area contributed by atoms with Crippen LogP contribution in [0.1, 0.15) is 33.8 Å². The Hall–Kier alpha value is -2.55. The monoisotopic (exact) mass is 469 g/mol. The molecule has 1 aliphatic rings. The van der Waals surface area contributed by atoms with Crippen molar-refractivity contribution in [1.29, 1.82) is 0 Å². The number of hydrogen-bond donors (Lipinski definition) is 0. The summed E-state index contributed by atoms with van der Waals surface area (Å²) >= 11 is 7.93. The van der Waals surface area contributed by atoms with Crippen LogP contribution < -0.4 is 5.56 Å². The van der Waals surface area contributed by atoms with Gasteiger partial charge in [-0.05, 0) is 56.8 Å². The van der Waals surface area contributed by atoms with Gasteiger partial charge in [-0.25, -0.2) is 9.61 Å². The fraction of sp³-hybridized carbons (Fsp3) is 0.391. The zero-order valence-electron chi connectivity index (χ0n) is 18.0. The van der Waals surface area contributed by atoms with Crippen molar-refractivity contribution in [1.82, 2.24) is 24.8 Å². The fourth-order valence-electron chi connectivity index (χ4n) is 4.42. The largest absolute Gasteiger partial charge is 0.298 e. The third-order valence-corrected chi connectivity index (χ3v) is 7.89. The van der Waals surface area contributed by atoms with Crippen LogP contribution in [0.5, 0.6) is 0 Å². The Bertz CT molecular complexity index is 1330. The van der Waals surface area contributed by atoms with E-state index in [0.717, 1.165) is 51.5 Å². The Morgan fingerprint density at radius 2 is 2.16 bits per heavy atom. The predicted molar refractivity (Wildman–Crippen MR) is 125 cm³/mol. The third-order valence-electron chi connectivity index (χ3n) is 6.36. The molecule has 9 heteroatoms. The van der Waals surface area contributed by atoms with Crippen molar-refractivity contribution in [3.05, 3.63) is 73.4 Å². The number of nitrogens with zero attached hydrogens (tertiary/aromatic N) is 5. The van der Waals surface area contributed by atoms with Gasteiger partial charge in [0.15, 0.2) is 0 Å². The van der Waals surface area contributed by atoms with E-state index >= 15 is 0 Å². The lowest BCUT2D eigenvalue weighted by atomic mass is 9.92. The standard InChI is InChI=1S/C23H24ClN5O2S/c1-14-19(27-31-26-14)12-28(2)16-7-8-17-20(11-16)32-22-21(17)23(30)29(13-25-22)10-9-15-5-3-4-6-18(15)24/h3-6,13,16H,7-12H2,1-2H3/t16-/m1/s1. The minimum Gasteiger partial charge on any atom is -0.298 e. The molecule has 7 nitrogen and oxygen atoms in total. The normalized spacial score (nSPS) is 16.1. The Morgan fingerprint density at radius 3 is 2.94 bits per heavy atom. The highest BCUT2D eigenvalue weighted by atomic mass is 35.5.